The zero-order valence-electron chi connectivity index (χ0n) is 27.9. The van der Waals surface area contributed by atoms with E-state index in [2.05, 4.69) is 44.2 Å². The van der Waals surface area contributed by atoms with Gasteiger partial charge in [0, 0.05) is 11.0 Å². The number of ketones is 1. The molecule has 3 aromatic carbocycles. The fourth-order valence-electron chi connectivity index (χ4n) is 6.76. The van der Waals surface area contributed by atoms with E-state index in [1.165, 1.54) is 5.56 Å². The maximum Gasteiger partial charge on any atom is 0.203 e. The van der Waals surface area contributed by atoms with Gasteiger partial charge in [-0.2, -0.15) is 0 Å². The van der Waals surface area contributed by atoms with Gasteiger partial charge in [-0.15, -0.1) is 0 Å². The second kappa shape index (κ2) is 13.6. The first-order valence-electron chi connectivity index (χ1n) is 15.4. The summed E-state index contributed by atoms with van der Waals surface area (Å²) in [4.78, 5) is 14.3. The van der Waals surface area contributed by atoms with Gasteiger partial charge in [-0.1, -0.05) is 68.5 Å². The summed E-state index contributed by atoms with van der Waals surface area (Å²) in [5, 5.41) is 0. The van der Waals surface area contributed by atoms with E-state index in [0.29, 0.717) is 34.5 Å². The van der Waals surface area contributed by atoms with Gasteiger partial charge in [0.15, 0.2) is 28.8 Å². The van der Waals surface area contributed by atoms with Crippen molar-refractivity contribution >= 4 is 29.6 Å². The van der Waals surface area contributed by atoms with Crippen LogP contribution < -0.4 is 28.4 Å². The maximum absolute atomic E-state index is 14.3. The van der Waals surface area contributed by atoms with Crippen LogP contribution in [0.1, 0.15) is 54.5 Å². The van der Waals surface area contributed by atoms with Crippen LogP contribution in [0, 0.1) is 5.92 Å². The van der Waals surface area contributed by atoms with Crippen molar-refractivity contribution in [2.75, 3.05) is 42.7 Å². The number of carbonyl (C=O) groups excluding carboxylic acids is 1. The molecule has 0 radical (unpaired) electrons. The minimum absolute atomic E-state index is 0.135. The number of fused-ring (bicyclic) bond motifs is 2. The molecular weight excluding hydrogens is 580 g/mol. The third kappa shape index (κ3) is 5.55. The Balaban J connectivity index is 1.46. The van der Waals surface area contributed by atoms with Gasteiger partial charge >= 0.3 is 0 Å². The van der Waals surface area contributed by atoms with E-state index in [0.717, 1.165) is 46.2 Å². The Kier molecular flexibility index (Phi) is 9.61. The lowest BCUT2D eigenvalue weighted by molar-refractivity contribution is -0.117. The monoisotopic (exact) mass is 622 g/mol. The number of benzene rings is 3. The van der Waals surface area contributed by atoms with Crippen molar-refractivity contribution in [3.8, 4) is 34.5 Å². The minimum Gasteiger partial charge on any atom is -0.493 e. The number of ether oxygens (including phenoxy) is 6. The van der Waals surface area contributed by atoms with Crippen LogP contribution in [-0.4, -0.2) is 48.4 Å². The topological polar surface area (TPSA) is 72.5 Å². The number of carbonyl (C=O) groups is 1. The Hall–Kier alpha value is -4.91. The first kappa shape index (κ1) is 32.5. The average molecular weight is 623 g/mol. The average Bonchev–Trinajstić information content (AvgIpc) is 3.38. The summed E-state index contributed by atoms with van der Waals surface area (Å²) in [5.41, 5.74) is 6.70. The Morgan fingerprint density at radius 1 is 0.652 bits per heavy atom. The molecule has 46 heavy (non-hydrogen) atoms. The van der Waals surface area contributed by atoms with Crippen LogP contribution in [0.3, 0.4) is 0 Å². The Morgan fingerprint density at radius 3 is 1.63 bits per heavy atom. The highest BCUT2D eigenvalue weighted by Gasteiger charge is 2.47. The Morgan fingerprint density at radius 2 is 1.15 bits per heavy atom. The smallest absolute Gasteiger partial charge is 0.203 e. The van der Waals surface area contributed by atoms with Crippen LogP contribution in [0.2, 0.25) is 0 Å². The van der Waals surface area contributed by atoms with E-state index in [9.17, 15) is 4.79 Å². The van der Waals surface area contributed by atoms with Gasteiger partial charge in [0.1, 0.15) is 0 Å². The lowest BCUT2D eigenvalue weighted by atomic mass is 9.69. The summed E-state index contributed by atoms with van der Waals surface area (Å²) in [7, 11) is 9.57. The Bertz CT molecular complexity index is 1700. The maximum atomic E-state index is 14.3. The molecule has 0 saturated heterocycles. The molecule has 2 aliphatic carbocycles. The van der Waals surface area contributed by atoms with Crippen LogP contribution in [0.15, 0.2) is 66.3 Å². The number of allylic oxidation sites excluding steroid dienone is 5. The van der Waals surface area contributed by atoms with Crippen molar-refractivity contribution in [3.05, 3.63) is 94.1 Å². The zero-order chi connectivity index (χ0) is 33.0. The third-order valence-corrected chi connectivity index (χ3v) is 9.16. The van der Waals surface area contributed by atoms with E-state index in [4.69, 9.17) is 28.4 Å². The molecule has 0 N–H and O–H groups in total. The molecule has 240 valence electrons. The van der Waals surface area contributed by atoms with Crippen molar-refractivity contribution in [2.24, 2.45) is 5.92 Å². The second-order valence-corrected chi connectivity index (χ2v) is 11.2. The van der Waals surface area contributed by atoms with Gasteiger partial charge in [0.2, 0.25) is 11.5 Å². The summed E-state index contributed by atoms with van der Waals surface area (Å²) < 4.78 is 33.0. The molecule has 0 aromatic heterocycles. The summed E-state index contributed by atoms with van der Waals surface area (Å²) >= 11 is 0. The number of rotatable bonds is 12. The number of methoxy groups -OCH3 is 6. The van der Waals surface area contributed by atoms with Gasteiger partial charge < -0.3 is 28.4 Å². The first-order chi connectivity index (χ1) is 22.3. The fraction of sp³-hybridized carbons (Fsp3) is 0.308. The highest BCUT2D eigenvalue weighted by molar-refractivity contribution is 6.14. The molecule has 1 atom stereocenters. The largest absolute Gasteiger partial charge is 0.493 e. The highest BCUT2D eigenvalue weighted by atomic mass is 16.5. The number of hydrogen-bond acceptors (Lipinski definition) is 7. The molecular formula is C39H42O7. The van der Waals surface area contributed by atoms with Crippen molar-refractivity contribution in [2.45, 2.75) is 32.1 Å². The molecule has 0 saturated carbocycles. The molecule has 0 heterocycles. The number of Topliss-reactive ketones (excluding diaryl/α,β-unsaturated/α-hetero) is 1. The summed E-state index contributed by atoms with van der Waals surface area (Å²) in [6, 6.07) is 14.1. The third-order valence-electron chi connectivity index (χ3n) is 9.16. The minimum atomic E-state index is -0.385. The Labute approximate surface area is 271 Å². The molecule has 2 aliphatic rings. The second-order valence-electron chi connectivity index (χ2n) is 11.2. The summed E-state index contributed by atoms with van der Waals surface area (Å²) in [5.74, 6) is 3.16. The fourth-order valence-corrected chi connectivity index (χ4v) is 6.76. The van der Waals surface area contributed by atoms with E-state index in [1.807, 2.05) is 48.6 Å². The highest BCUT2D eigenvalue weighted by Crippen LogP contribution is 2.54. The van der Waals surface area contributed by atoms with Gasteiger partial charge in [0.25, 0.3) is 0 Å². The van der Waals surface area contributed by atoms with Crippen LogP contribution in [-0.2, 0) is 10.2 Å². The van der Waals surface area contributed by atoms with Gasteiger partial charge in [-0.25, -0.2) is 0 Å². The molecule has 3 aromatic rings. The lowest BCUT2D eigenvalue weighted by Crippen LogP contribution is -2.32. The molecule has 7 nitrogen and oxygen atoms in total. The molecule has 0 amide bonds. The van der Waals surface area contributed by atoms with Gasteiger partial charge in [-0.3, -0.25) is 4.79 Å². The van der Waals surface area contributed by atoms with Crippen molar-refractivity contribution < 1.29 is 33.2 Å². The molecule has 0 spiro atoms. The summed E-state index contributed by atoms with van der Waals surface area (Å²) in [6.45, 7) is 4.35. The molecule has 0 fully saturated rings. The quantitative estimate of drug-likeness (QED) is 0.189. The SMILES string of the molecule is CCC1(CC)C2=C(C=CC(C=Cc3cc(OC)c(OC)c(OC)c3)C2=O)c2ccc(C=Cc3cc(OC)c(OC)c(OC)c3)cc21. The van der Waals surface area contributed by atoms with E-state index >= 15 is 0 Å². The van der Waals surface area contributed by atoms with E-state index < -0.39 is 0 Å². The van der Waals surface area contributed by atoms with Crippen molar-refractivity contribution in [1.29, 1.82) is 0 Å². The normalized spacial score (nSPS) is 16.5. The van der Waals surface area contributed by atoms with E-state index in [1.54, 1.807) is 42.7 Å². The predicted octanol–water partition coefficient (Wildman–Crippen LogP) is 8.20. The lowest BCUT2D eigenvalue weighted by Gasteiger charge is -2.33. The van der Waals surface area contributed by atoms with Crippen molar-refractivity contribution in [1.82, 2.24) is 0 Å². The van der Waals surface area contributed by atoms with Crippen LogP contribution in [0.5, 0.6) is 34.5 Å². The summed E-state index contributed by atoms with van der Waals surface area (Å²) in [6.07, 6.45) is 13.8. The van der Waals surface area contributed by atoms with Crippen LogP contribution >= 0.6 is 0 Å². The van der Waals surface area contributed by atoms with Gasteiger partial charge in [0.05, 0.1) is 48.6 Å². The predicted molar refractivity (Wildman–Crippen MR) is 183 cm³/mol. The molecule has 0 aliphatic heterocycles. The molecule has 5 rings (SSSR count). The first-order valence-corrected chi connectivity index (χ1v) is 15.4. The van der Waals surface area contributed by atoms with Crippen molar-refractivity contribution in [3.63, 3.8) is 0 Å². The van der Waals surface area contributed by atoms with Crippen LogP contribution in [0.4, 0.5) is 0 Å². The molecule has 0 bridgehead atoms. The molecule has 1 unspecified atom stereocenters. The van der Waals surface area contributed by atoms with Gasteiger partial charge in [-0.05, 0) is 70.5 Å². The molecule has 7 heteroatoms. The standard InChI is InChI=1S/C39H42O7/c1-9-39(10-2)30-19-24(11-12-25-20-31(41-3)37(45-7)32(21-25)42-4)14-17-28(30)29-18-16-27(36(40)35(29)39)15-13-26-22-33(43-5)38(46-8)34(23-26)44-6/h11-23,27H,9-10H2,1-8H3. The number of hydrogen-bond donors (Lipinski definition) is 0. The van der Waals surface area contributed by atoms with E-state index in [-0.39, 0.29) is 17.1 Å². The zero-order valence-corrected chi connectivity index (χ0v) is 27.9. The van der Waals surface area contributed by atoms with Crippen LogP contribution in [0.25, 0.3) is 23.8 Å².